The zero-order chi connectivity index (χ0) is 33.1. The van der Waals surface area contributed by atoms with E-state index >= 15 is 0 Å². The summed E-state index contributed by atoms with van der Waals surface area (Å²) in [6.45, 7) is 5.31. The van der Waals surface area contributed by atoms with Crippen LogP contribution in [-0.2, 0) is 26.1 Å². The van der Waals surface area contributed by atoms with Crippen molar-refractivity contribution in [3.63, 3.8) is 0 Å². The Bertz CT molecular complexity index is 2670. The first-order valence-electron chi connectivity index (χ1n) is 14.2. The summed E-state index contributed by atoms with van der Waals surface area (Å²) in [5.41, 5.74) is 7.30. The van der Waals surface area contributed by atoms with Crippen LogP contribution in [0.5, 0.6) is 5.75 Å². The number of benzene rings is 4. The highest BCUT2D eigenvalue weighted by Crippen LogP contribution is 2.47. The highest BCUT2D eigenvalue weighted by Gasteiger charge is 2.36. The zero-order valence-corrected chi connectivity index (χ0v) is 27.1. The van der Waals surface area contributed by atoms with Crippen molar-refractivity contribution in [3.05, 3.63) is 118 Å². The number of para-hydroxylation sites is 1. The van der Waals surface area contributed by atoms with E-state index in [0.29, 0.717) is 39.4 Å². The number of rotatable bonds is 7. The lowest BCUT2D eigenvalue weighted by Crippen LogP contribution is -2.39. The average Bonchev–Trinajstić information content (AvgIpc) is 3.67. The van der Waals surface area contributed by atoms with Crippen molar-refractivity contribution in [1.29, 1.82) is 0 Å². The van der Waals surface area contributed by atoms with Gasteiger partial charge in [0.15, 0.2) is 5.75 Å². The second kappa shape index (κ2) is 11.4. The van der Waals surface area contributed by atoms with Crippen molar-refractivity contribution in [2.75, 3.05) is 4.90 Å². The Hall–Kier alpha value is -4.97. The SMILES string of the molecule is C=C=C=C(N1C(=CC(=Cc2sc3c4ccccc4ccc3[n+]2CS(=O)(=O)O)CC)Oc2cc3c(cc21)oc1ccccc13)S(=O)(=O)O. The van der Waals surface area contributed by atoms with Crippen LogP contribution in [0.4, 0.5) is 5.69 Å². The van der Waals surface area contributed by atoms with Crippen molar-refractivity contribution in [3.8, 4) is 5.75 Å². The van der Waals surface area contributed by atoms with Gasteiger partial charge in [0, 0.05) is 40.4 Å². The molecule has 10 nitrogen and oxygen atoms in total. The van der Waals surface area contributed by atoms with E-state index in [0.717, 1.165) is 26.2 Å². The topological polar surface area (TPSA) is 138 Å². The second-order valence-corrected chi connectivity index (χ2v) is 14.5. The van der Waals surface area contributed by atoms with E-state index in [1.807, 2.05) is 67.6 Å². The summed E-state index contributed by atoms with van der Waals surface area (Å²) in [5.74, 6) is -0.355. The Labute approximate surface area is 273 Å². The van der Waals surface area contributed by atoms with Crippen molar-refractivity contribution < 1.29 is 39.7 Å². The summed E-state index contributed by atoms with van der Waals surface area (Å²) >= 11 is 1.35. The van der Waals surface area contributed by atoms with Gasteiger partial charge in [0.2, 0.25) is 16.4 Å². The highest BCUT2D eigenvalue weighted by atomic mass is 32.2. The molecular weight excluding hydrogens is 661 g/mol. The first-order valence-corrected chi connectivity index (χ1v) is 18.1. The number of ether oxygens (including phenoxy) is 1. The van der Waals surface area contributed by atoms with E-state index in [1.165, 1.54) is 20.8 Å². The van der Waals surface area contributed by atoms with Gasteiger partial charge >= 0.3 is 20.2 Å². The molecule has 4 aromatic carbocycles. The predicted octanol–water partition coefficient (Wildman–Crippen LogP) is 7.29. The Kier molecular flexibility index (Phi) is 7.42. The molecule has 0 aliphatic carbocycles. The molecule has 13 heteroatoms. The van der Waals surface area contributed by atoms with Crippen LogP contribution in [0.3, 0.4) is 0 Å². The van der Waals surface area contributed by atoms with Crippen LogP contribution < -0.4 is 14.2 Å². The fraction of sp³-hybridized carbons (Fsp3) is 0.0882. The number of thiazole rings is 1. The maximum Gasteiger partial charge on any atom is 0.326 e. The van der Waals surface area contributed by atoms with Crippen molar-refractivity contribution >= 4 is 86.3 Å². The molecule has 1 aliphatic heterocycles. The molecule has 2 N–H and O–H groups in total. The smallest absolute Gasteiger partial charge is 0.326 e. The van der Waals surface area contributed by atoms with E-state index in [4.69, 9.17) is 9.15 Å². The predicted molar refractivity (Wildman–Crippen MR) is 182 cm³/mol. The van der Waals surface area contributed by atoms with Gasteiger partial charge in [-0.05, 0) is 47.9 Å². The number of hydrogen-bond donors (Lipinski definition) is 2. The van der Waals surface area contributed by atoms with Gasteiger partial charge in [-0.25, -0.2) is 0 Å². The molecule has 0 saturated carbocycles. The molecule has 0 bridgehead atoms. The van der Waals surface area contributed by atoms with Gasteiger partial charge in [0.05, 0.1) is 5.69 Å². The molecule has 6 aromatic rings. The molecule has 236 valence electrons. The Balaban J connectivity index is 1.43. The van der Waals surface area contributed by atoms with Gasteiger partial charge in [-0.1, -0.05) is 66.5 Å². The summed E-state index contributed by atoms with van der Waals surface area (Å²) < 4.78 is 84.2. The molecule has 3 heterocycles. The minimum atomic E-state index is -4.87. The number of aromatic nitrogens is 1. The highest BCUT2D eigenvalue weighted by molar-refractivity contribution is 7.90. The summed E-state index contributed by atoms with van der Waals surface area (Å²) in [4.78, 5) is 1.18. The molecule has 0 atom stereocenters. The lowest BCUT2D eigenvalue weighted by Gasteiger charge is -2.18. The Morgan fingerprint density at radius 2 is 1.72 bits per heavy atom. The number of fused-ring (bicyclic) bond motifs is 7. The molecule has 0 spiro atoms. The lowest BCUT2D eigenvalue weighted by atomic mass is 10.1. The Morgan fingerprint density at radius 3 is 2.45 bits per heavy atom. The van der Waals surface area contributed by atoms with E-state index in [-0.39, 0.29) is 11.6 Å². The van der Waals surface area contributed by atoms with Crippen LogP contribution >= 0.6 is 11.3 Å². The molecule has 0 saturated heterocycles. The molecule has 0 fully saturated rings. The summed E-state index contributed by atoms with van der Waals surface area (Å²) in [5, 5.41) is 3.33. The maximum atomic E-state index is 12.6. The maximum absolute atomic E-state index is 12.6. The number of furan rings is 1. The fourth-order valence-corrected chi connectivity index (χ4v) is 8.26. The third kappa shape index (κ3) is 5.56. The van der Waals surface area contributed by atoms with Crippen LogP contribution in [0, 0.1) is 0 Å². The fourth-order valence-electron chi connectivity index (χ4n) is 5.69. The molecule has 7 rings (SSSR count). The molecular formula is C34H25N2O8S3+. The standard InChI is InChI=1S/C34H24N2O8S3/c1-3-9-33(47(40,41)42)36-27-19-29-25(24-12-7-8-13-28(24)43-29)18-30(27)44-31(36)16-21(4-2)17-32-35(20-46(37,38)39)26-15-14-22-10-5-6-11-23(22)34(26)45-32/h5-8,10-19H,1,4,20H2,2H3,(H-,37,38,39,40,41,42)/p+1. The van der Waals surface area contributed by atoms with Crippen LogP contribution in [0.25, 0.3) is 49.0 Å². The number of hydrogen-bond acceptors (Lipinski definition) is 8. The summed E-state index contributed by atoms with van der Waals surface area (Å²) in [7, 11) is -9.29. The molecule has 1 aliphatic rings. The monoisotopic (exact) mass is 685 g/mol. The lowest BCUT2D eigenvalue weighted by molar-refractivity contribution is -0.649. The minimum Gasteiger partial charge on any atom is -0.456 e. The minimum absolute atomic E-state index is 0.0216. The molecule has 47 heavy (non-hydrogen) atoms. The zero-order valence-electron chi connectivity index (χ0n) is 24.7. The number of nitrogens with zero attached hydrogens (tertiary/aromatic N) is 2. The molecule has 0 amide bonds. The van der Waals surface area contributed by atoms with Crippen LogP contribution in [-0.4, -0.2) is 25.9 Å². The third-order valence-corrected chi connectivity index (χ3v) is 10.3. The average molecular weight is 686 g/mol. The normalized spacial score (nSPS) is 14.6. The third-order valence-electron chi connectivity index (χ3n) is 7.72. The van der Waals surface area contributed by atoms with E-state index in [1.54, 1.807) is 24.3 Å². The van der Waals surface area contributed by atoms with Gasteiger partial charge in [0.25, 0.3) is 10.9 Å². The van der Waals surface area contributed by atoms with Gasteiger partial charge < -0.3 is 9.15 Å². The van der Waals surface area contributed by atoms with Gasteiger partial charge in [0.1, 0.15) is 15.9 Å². The Morgan fingerprint density at radius 1 is 0.979 bits per heavy atom. The van der Waals surface area contributed by atoms with Crippen LogP contribution in [0.2, 0.25) is 0 Å². The van der Waals surface area contributed by atoms with Gasteiger partial charge in [-0.2, -0.15) is 21.4 Å². The van der Waals surface area contributed by atoms with Gasteiger partial charge in [-0.15, -0.1) is 0 Å². The van der Waals surface area contributed by atoms with Crippen LogP contribution in [0.1, 0.15) is 18.4 Å². The van der Waals surface area contributed by atoms with E-state index in [9.17, 15) is 25.9 Å². The van der Waals surface area contributed by atoms with Crippen molar-refractivity contribution in [1.82, 2.24) is 0 Å². The summed E-state index contributed by atoms with van der Waals surface area (Å²) in [6, 6.07) is 22.2. The van der Waals surface area contributed by atoms with Crippen molar-refractivity contribution in [2.24, 2.45) is 0 Å². The van der Waals surface area contributed by atoms with Gasteiger partial charge in [-0.3, -0.25) is 14.0 Å². The van der Waals surface area contributed by atoms with E-state index in [2.05, 4.69) is 18.0 Å². The quantitative estimate of drug-likeness (QED) is 0.101. The second-order valence-electron chi connectivity index (χ2n) is 10.7. The molecule has 2 aromatic heterocycles. The van der Waals surface area contributed by atoms with Crippen molar-refractivity contribution in [2.45, 2.75) is 19.2 Å². The number of anilines is 1. The molecule has 0 radical (unpaired) electrons. The largest absolute Gasteiger partial charge is 0.456 e. The summed E-state index contributed by atoms with van der Waals surface area (Å²) in [6.07, 6.45) is 3.75. The molecule has 0 unspecified atom stereocenters. The van der Waals surface area contributed by atoms with E-state index < -0.39 is 31.1 Å². The first-order chi connectivity index (χ1) is 22.4. The number of allylic oxidation sites excluding steroid dienone is 2. The van der Waals surface area contributed by atoms with Crippen LogP contribution in [0.15, 0.2) is 118 Å². The first kappa shape index (κ1) is 30.7.